The molecule has 2 aliphatic heterocycles. The summed E-state index contributed by atoms with van der Waals surface area (Å²) in [6.45, 7) is 3.73. The number of ether oxygens (including phenoxy) is 1. The molecule has 4 fully saturated rings. The molecule has 0 radical (unpaired) electrons. The van der Waals surface area contributed by atoms with Crippen molar-refractivity contribution in [3.05, 3.63) is 0 Å². The molecular formula is C21H37N3O4S. The summed E-state index contributed by atoms with van der Waals surface area (Å²) in [6, 6.07) is 0.631. The number of sulfonamides is 1. The molecule has 2 aliphatic carbocycles. The smallest absolute Gasteiger partial charge is 0.317 e. The second-order valence-corrected chi connectivity index (χ2v) is 11.6. The van der Waals surface area contributed by atoms with E-state index in [2.05, 4.69) is 5.32 Å². The van der Waals surface area contributed by atoms with Gasteiger partial charge in [-0.15, -0.1) is 0 Å². The molecule has 7 nitrogen and oxygen atoms in total. The average molecular weight is 428 g/mol. The number of carbonyl (C=O) groups is 1. The van der Waals surface area contributed by atoms with Gasteiger partial charge in [-0.2, -0.15) is 4.31 Å². The molecule has 29 heavy (non-hydrogen) atoms. The highest BCUT2D eigenvalue weighted by molar-refractivity contribution is 7.89. The van der Waals surface area contributed by atoms with Crippen LogP contribution in [0.2, 0.25) is 0 Å². The van der Waals surface area contributed by atoms with Gasteiger partial charge >= 0.3 is 6.03 Å². The first-order valence-corrected chi connectivity index (χ1v) is 13.2. The van der Waals surface area contributed by atoms with E-state index in [4.69, 9.17) is 4.74 Å². The highest BCUT2D eigenvalue weighted by atomic mass is 32.2. The van der Waals surface area contributed by atoms with Crippen LogP contribution in [0.4, 0.5) is 4.79 Å². The Morgan fingerprint density at radius 3 is 2.38 bits per heavy atom. The van der Waals surface area contributed by atoms with Gasteiger partial charge in [-0.1, -0.05) is 19.3 Å². The molecule has 2 saturated carbocycles. The van der Waals surface area contributed by atoms with E-state index in [0.29, 0.717) is 25.7 Å². The minimum absolute atomic E-state index is 0.0452. The number of nitrogens with zero attached hydrogens (tertiary/aromatic N) is 2. The quantitative estimate of drug-likeness (QED) is 0.732. The van der Waals surface area contributed by atoms with Gasteiger partial charge in [0, 0.05) is 37.8 Å². The molecule has 1 N–H and O–H groups in total. The van der Waals surface area contributed by atoms with Gasteiger partial charge in [0.05, 0.1) is 11.4 Å². The molecule has 2 heterocycles. The van der Waals surface area contributed by atoms with Crippen molar-refractivity contribution in [3.63, 3.8) is 0 Å². The van der Waals surface area contributed by atoms with Gasteiger partial charge in [-0.25, -0.2) is 13.2 Å². The van der Waals surface area contributed by atoms with Crippen LogP contribution in [-0.4, -0.2) is 72.8 Å². The summed E-state index contributed by atoms with van der Waals surface area (Å²) in [5, 5.41) is 3.22. The zero-order valence-electron chi connectivity index (χ0n) is 17.8. The Hall–Kier alpha value is -0.860. The lowest BCUT2D eigenvalue weighted by atomic mass is 9.82. The van der Waals surface area contributed by atoms with Gasteiger partial charge in [0.15, 0.2) is 0 Å². The third-order valence-electron chi connectivity index (χ3n) is 7.31. The monoisotopic (exact) mass is 427 g/mol. The summed E-state index contributed by atoms with van der Waals surface area (Å²) >= 11 is 0. The number of rotatable bonds is 5. The van der Waals surface area contributed by atoms with Crippen molar-refractivity contribution < 1.29 is 17.9 Å². The third kappa shape index (κ3) is 4.90. The van der Waals surface area contributed by atoms with E-state index in [0.717, 1.165) is 51.4 Å². The van der Waals surface area contributed by atoms with Crippen LogP contribution in [0.25, 0.3) is 0 Å². The van der Waals surface area contributed by atoms with E-state index in [9.17, 15) is 13.2 Å². The normalized spacial score (nSPS) is 28.6. The lowest BCUT2D eigenvalue weighted by Crippen LogP contribution is -2.57. The topological polar surface area (TPSA) is 79.0 Å². The molecule has 0 aromatic carbocycles. The Labute approximate surface area is 175 Å². The van der Waals surface area contributed by atoms with Crippen LogP contribution in [-0.2, 0) is 14.8 Å². The van der Waals surface area contributed by atoms with Crippen LogP contribution in [0.1, 0.15) is 77.6 Å². The Kier molecular flexibility index (Phi) is 6.42. The number of urea groups is 1. The third-order valence-corrected chi connectivity index (χ3v) is 9.28. The Balaban J connectivity index is 1.34. The molecule has 2 amide bonds. The number of likely N-dealkylation sites (tertiary alicyclic amines) is 1. The minimum Gasteiger partial charge on any atom is -0.375 e. The lowest BCUT2D eigenvalue weighted by Gasteiger charge is -2.48. The Bertz CT molecular complexity index is 680. The van der Waals surface area contributed by atoms with Crippen LogP contribution in [0.15, 0.2) is 0 Å². The van der Waals surface area contributed by atoms with E-state index in [1.165, 1.54) is 19.3 Å². The number of hydrogen-bond donors (Lipinski definition) is 1. The lowest BCUT2D eigenvalue weighted by molar-refractivity contribution is -0.122. The molecule has 1 unspecified atom stereocenters. The van der Waals surface area contributed by atoms with Gasteiger partial charge in [-0.05, 0) is 58.3 Å². The first-order chi connectivity index (χ1) is 13.9. The van der Waals surface area contributed by atoms with Crippen LogP contribution >= 0.6 is 0 Å². The largest absolute Gasteiger partial charge is 0.375 e. The number of piperidine rings is 1. The number of carbonyl (C=O) groups excluding carboxylic acids is 1. The van der Waals surface area contributed by atoms with Crippen molar-refractivity contribution in [2.24, 2.45) is 0 Å². The summed E-state index contributed by atoms with van der Waals surface area (Å²) in [4.78, 5) is 14.6. The van der Waals surface area contributed by atoms with E-state index in [-0.39, 0.29) is 29.5 Å². The Morgan fingerprint density at radius 2 is 1.76 bits per heavy atom. The predicted octanol–water partition coefficient (Wildman–Crippen LogP) is 2.86. The average Bonchev–Trinajstić information content (AvgIpc) is 3.54. The molecule has 1 spiro atoms. The van der Waals surface area contributed by atoms with Crippen LogP contribution < -0.4 is 5.32 Å². The van der Waals surface area contributed by atoms with Crippen molar-refractivity contribution in [2.45, 2.75) is 101 Å². The van der Waals surface area contributed by atoms with Gasteiger partial charge in [0.2, 0.25) is 10.0 Å². The van der Waals surface area contributed by atoms with E-state index >= 15 is 0 Å². The highest BCUT2D eigenvalue weighted by Gasteiger charge is 2.48. The van der Waals surface area contributed by atoms with Crippen molar-refractivity contribution in [3.8, 4) is 0 Å². The summed E-state index contributed by atoms with van der Waals surface area (Å²) in [5.74, 6) is 0.170. The van der Waals surface area contributed by atoms with Gasteiger partial charge in [-0.3, -0.25) is 0 Å². The second-order valence-electron chi connectivity index (χ2n) is 9.41. The first-order valence-electron chi connectivity index (χ1n) is 11.6. The fraction of sp³-hybridized carbons (Fsp3) is 0.952. The van der Waals surface area contributed by atoms with Crippen LogP contribution in [0.5, 0.6) is 0 Å². The fourth-order valence-corrected chi connectivity index (χ4v) is 7.03. The standard InChI is InChI=1S/C21H37N3O4S/c1-2-29(26,27)24(18-8-9-18)19-10-15-28-21(16-19)11-13-23(14-12-21)20(25)22-17-6-4-3-5-7-17/h17-19H,2-16H2,1H3,(H,22,25). The second kappa shape index (κ2) is 8.71. The van der Waals surface area contributed by atoms with Crippen molar-refractivity contribution in [1.29, 1.82) is 0 Å². The summed E-state index contributed by atoms with van der Waals surface area (Å²) in [5.41, 5.74) is -0.277. The maximum atomic E-state index is 12.7. The van der Waals surface area contributed by atoms with Crippen molar-refractivity contribution >= 4 is 16.1 Å². The molecule has 4 aliphatic rings. The summed E-state index contributed by atoms with van der Waals surface area (Å²) < 4.78 is 33.5. The van der Waals surface area contributed by atoms with Gasteiger partial charge < -0.3 is 15.0 Å². The number of nitrogens with one attached hydrogen (secondary N) is 1. The molecule has 0 aromatic heterocycles. The van der Waals surface area contributed by atoms with Gasteiger partial charge in [0.25, 0.3) is 0 Å². The zero-order valence-corrected chi connectivity index (χ0v) is 18.6. The highest BCUT2D eigenvalue weighted by Crippen LogP contribution is 2.41. The number of amides is 2. The van der Waals surface area contributed by atoms with Crippen molar-refractivity contribution in [1.82, 2.24) is 14.5 Å². The molecule has 8 heteroatoms. The summed E-state index contributed by atoms with van der Waals surface area (Å²) in [6.07, 6.45) is 11.0. The zero-order chi connectivity index (χ0) is 20.5. The minimum atomic E-state index is -3.19. The van der Waals surface area contributed by atoms with E-state index < -0.39 is 10.0 Å². The molecule has 166 valence electrons. The fourth-order valence-electron chi connectivity index (χ4n) is 5.43. The first kappa shape index (κ1) is 21.4. The molecule has 2 saturated heterocycles. The summed E-state index contributed by atoms with van der Waals surface area (Å²) in [7, 11) is -3.19. The SMILES string of the molecule is CCS(=O)(=O)N(C1CC1)C1CCOC2(CCN(C(=O)NC3CCCCC3)CC2)C1. The predicted molar refractivity (Wildman–Crippen MR) is 112 cm³/mol. The van der Waals surface area contributed by atoms with Gasteiger partial charge in [0.1, 0.15) is 0 Å². The van der Waals surface area contributed by atoms with E-state index in [1.54, 1.807) is 6.92 Å². The van der Waals surface area contributed by atoms with Crippen LogP contribution in [0.3, 0.4) is 0 Å². The van der Waals surface area contributed by atoms with Crippen molar-refractivity contribution in [2.75, 3.05) is 25.4 Å². The van der Waals surface area contributed by atoms with Crippen LogP contribution in [0, 0.1) is 0 Å². The molecule has 0 aromatic rings. The Morgan fingerprint density at radius 1 is 1.07 bits per heavy atom. The maximum Gasteiger partial charge on any atom is 0.317 e. The van der Waals surface area contributed by atoms with E-state index in [1.807, 2.05) is 9.21 Å². The molecule has 1 atom stereocenters. The molecule has 0 bridgehead atoms. The molecular weight excluding hydrogens is 390 g/mol. The number of hydrogen-bond acceptors (Lipinski definition) is 4. The maximum absolute atomic E-state index is 12.7. The molecule has 4 rings (SSSR count).